The fourth-order valence-electron chi connectivity index (χ4n) is 2.13. The minimum absolute atomic E-state index is 0.110. The number of hydrogen-bond acceptors (Lipinski definition) is 5. The predicted octanol–water partition coefficient (Wildman–Crippen LogP) is 2.90. The highest BCUT2D eigenvalue weighted by atomic mass is 35.5. The van der Waals surface area contributed by atoms with Crippen molar-refractivity contribution < 1.29 is 9.59 Å². The molecule has 2 N–H and O–H groups in total. The van der Waals surface area contributed by atoms with Crippen LogP contribution in [0.25, 0.3) is 10.6 Å². The molecule has 3 aromatic rings. The molecular weight excluding hydrogens is 372 g/mol. The molecule has 1 aromatic carbocycles. The van der Waals surface area contributed by atoms with Crippen LogP contribution in [-0.2, 0) is 11.3 Å². The Labute approximate surface area is 159 Å². The Balaban J connectivity index is 1.46. The molecule has 0 aliphatic carbocycles. The number of nitrogens with zero attached hydrogens (tertiary/aromatic N) is 2. The highest BCUT2D eigenvalue weighted by Gasteiger charge is 2.09. The number of pyridine rings is 1. The number of carbonyl (C=O) groups is 2. The molecule has 2 heterocycles. The minimum Gasteiger partial charge on any atom is -0.349 e. The van der Waals surface area contributed by atoms with Gasteiger partial charge in [0.1, 0.15) is 5.01 Å². The van der Waals surface area contributed by atoms with Crippen LogP contribution in [0.15, 0.2) is 54.2 Å². The van der Waals surface area contributed by atoms with Crippen LogP contribution in [-0.4, -0.2) is 28.3 Å². The van der Waals surface area contributed by atoms with Crippen molar-refractivity contribution in [1.29, 1.82) is 0 Å². The van der Waals surface area contributed by atoms with E-state index in [1.165, 1.54) is 11.3 Å². The van der Waals surface area contributed by atoms with Crippen LogP contribution in [0.3, 0.4) is 0 Å². The van der Waals surface area contributed by atoms with Crippen LogP contribution in [0.1, 0.15) is 16.1 Å². The first-order valence-electron chi connectivity index (χ1n) is 7.77. The Bertz CT molecular complexity index is 897. The Morgan fingerprint density at radius 3 is 2.65 bits per heavy atom. The highest BCUT2D eigenvalue weighted by molar-refractivity contribution is 7.13. The lowest BCUT2D eigenvalue weighted by Gasteiger charge is -2.06. The molecule has 0 spiro atoms. The molecule has 3 rings (SSSR count). The average molecular weight is 387 g/mol. The van der Waals surface area contributed by atoms with Gasteiger partial charge in [-0.3, -0.25) is 14.6 Å². The summed E-state index contributed by atoms with van der Waals surface area (Å²) in [5.74, 6) is -0.618. The van der Waals surface area contributed by atoms with E-state index in [1.807, 2.05) is 17.5 Å². The number of halogens is 1. The van der Waals surface area contributed by atoms with Crippen molar-refractivity contribution in [2.75, 3.05) is 6.54 Å². The predicted molar refractivity (Wildman–Crippen MR) is 101 cm³/mol. The largest absolute Gasteiger partial charge is 0.349 e. The van der Waals surface area contributed by atoms with Crippen molar-refractivity contribution in [1.82, 2.24) is 20.6 Å². The molecule has 0 unspecified atom stereocenters. The van der Waals surface area contributed by atoms with E-state index in [1.54, 1.807) is 36.7 Å². The zero-order chi connectivity index (χ0) is 18.4. The summed E-state index contributed by atoms with van der Waals surface area (Å²) >= 11 is 7.27. The van der Waals surface area contributed by atoms with Gasteiger partial charge >= 0.3 is 0 Å². The second kappa shape index (κ2) is 8.55. The van der Waals surface area contributed by atoms with Crippen molar-refractivity contribution in [3.8, 4) is 10.6 Å². The van der Waals surface area contributed by atoms with Gasteiger partial charge in [0.05, 0.1) is 18.8 Å². The number of hydrogen-bond donors (Lipinski definition) is 2. The maximum absolute atomic E-state index is 11.9. The molecule has 0 saturated carbocycles. The maximum atomic E-state index is 11.9. The summed E-state index contributed by atoms with van der Waals surface area (Å²) in [5, 5.41) is 8.58. The molecule has 0 fully saturated rings. The van der Waals surface area contributed by atoms with E-state index in [0.717, 1.165) is 16.3 Å². The van der Waals surface area contributed by atoms with Crippen molar-refractivity contribution in [3.05, 3.63) is 70.5 Å². The van der Waals surface area contributed by atoms with Crippen LogP contribution < -0.4 is 10.6 Å². The molecule has 0 atom stereocenters. The molecule has 0 radical (unpaired) electrons. The molecular formula is C18H15ClN4O2S. The summed E-state index contributed by atoms with van der Waals surface area (Å²) in [6.07, 6.45) is 3.45. The molecule has 26 heavy (non-hydrogen) atoms. The fourth-order valence-corrected chi connectivity index (χ4v) is 3.06. The Morgan fingerprint density at radius 1 is 1.12 bits per heavy atom. The highest BCUT2D eigenvalue weighted by Crippen LogP contribution is 2.22. The van der Waals surface area contributed by atoms with Gasteiger partial charge in [-0.05, 0) is 36.4 Å². The number of aromatic nitrogens is 2. The van der Waals surface area contributed by atoms with E-state index in [9.17, 15) is 9.59 Å². The molecule has 0 bridgehead atoms. The Kier molecular flexibility index (Phi) is 5.93. The van der Waals surface area contributed by atoms with E-state index in [2.05, 4.69) is 20.6 Å². The number of amides is 2. The summed E-state index contributed by atoms with van der Waals surface area (Å²) in [6, 6.07) is 10.2. The van der Waals surface area contributed by atoms with E-state index in [-0.39, 0.29) is 18.4 Å². The van der Waals surface area contributed by atoms with Crippen LogP contribution in [0.4, 0.5) is 0 Å². The molecule has 0 aliphatic heterocycles. The number of rotatable bonds is 6. The molecule has 6 nitrogen and oxygen atoms in total. The number of benzene rings is 1. The average Bonchev–Trinajstić information content (AvgIpc) is 3.15. The Hall–Kier alpha value is -2.77. The zero-order valence-electron chi connectivity index (χ0n) is 13.6. The summed E-state index contributed by atoms with van der Waals surface area (Å²) in [4.78, 5) is 32.4. The lowest BCUT2D eigenvalue weighted by atomic mass is 10.2. The van der Waals surface area contributed by atoms with E-state index in [0.29, 0.717) is 17.1 Å². The van der Waals surface area contributed by atoms with Gasteiger partial charge < -0.3 is 10.6 Å². The van der Waals surface area contributed by atoms with Gasteiger partial charge in [0.25, 0.3) is 5.91 Å². The number of carbonyl (C=O) groups excluding carboxylic acids is 2. The van der Waals surface area contributed by atoms with Crippen LogP contribution in [0, 0.1) is 0 Å². The molecule has 2 amide bonds. The standard InChI is InChI=1S/C18H15ClN4O2S/c19-14-5-3-12(4-6-14)17(25)22-10-16(24)21-9-15-11-26-18(23-15)13-2-1-7-20-8-13/h1-8,11H,9-10H2,(H,21,24)(H,22,25). The fraction of sp³-hybridized carbons (Fsp3) is 0.111. The first-order chi connectivity index (χ1) is 12.6. The second-order valence-electron chi connectivity index (χ2n) is 5.35. The third kappa shape index (κ3) is 4.87. The molecule has 0 saturated heterocycles. The van der Waals surface area contributed by atoms with E-state index in [4.69, 9.17) is 11.6 Å². The normalized spacial score (nSPS) is 10.3. The van der Waals surface area contributed by atoms with Crippen LogP contribution in [0.2, 0.25) is 5.02 Å². The Morgan fingerprint density at radius 2 is 1.92 bits per heavy atom. The number of nitrogens with one attached hydrogen (secondary N) is 2. The number of thiazole rings is 1. The van der Waals surface area contributed by atoms with Gasteiger partial charge in [0.2, 0.25) is 5.91 Å². The lowest BCUT2D eigenvalue weighted by Crippen LogP contribution is -2.36. The zero-order valence-corrected chi connectivity index (χ0v) is 15.2. The topological polar surface area (TPSA) is 84.0 Å². The van der Waals surface area contributed by atoms with Crippen LogP contribution in [0.5, 0.6) is 0 Å². The van der Waals surface area contributed by atoms with Crippen molar-refractivity contribution in [2.24, 2.45) is 0 Å². The first kappa shape index (κ1) is 18.0. The summed E-state index contributed by atoms with van der Waals surface area (Å²) in [5.41, 5.74) is 2.14. The maximum Gasteiger partial charge on any atom is 0.251 e. The monoisotopic (exact) mass is 386 g/mol. The van der Waals surface area contributed by atoms with Crippen molar-refractivity contribution in [2.45, 2.75) is 6.54 Å². The van der Waals surface area contributed by atoms with Gasteiger partial charge in [-0.2, -0.15) is 0 Å². The molecule has 132 valence electrons. The molecule has 8 heteroatoms. The lowest BCUT2D eigenvalue weighted by molar-refractivity contribution is -0.120. The minimum atomic E-state index is -0.329. The van der Waals surface area contributed by atoms with Gasteiger partial charge in [-0.15, -0.1) is 11.3 Å². The van der Waals surface area contributed by atoms with E-state index < -0.39 is 0 Å². The molecule has 2 aromatic heterocycles. The quantitative estimate of drug-likeness (QED) is 0.682. The second-order valence-corrected chi connectivity index (χ2v) is 6.65. The SMILES string of the molecule is O=C(CNC(=O)c1ccc(Cl)cc1)NCc1csc(-c2cccnc2)n1. The molecule has 0 aliphatic rings. The smallest absolute Gasteiger partial charge is 0.251 e. The summed E-state index contributed by atoms with van der Waals surface area (Å²) < 4.78 is 0. The summed E-state index contributed by atoms with van der Waals surface area (Å²) in [7, 11) is 0. The van der Waals surface area contributed by atoms with Gasteiger partial charge in [0.15, 0.2) is 0 Å². The summed E-state index contributed by atoms with van der Waals surface area (Å²) in [6.45, 7) is 0.188. The van der Waals surface area contributed by atoms with Gasteiger partial charge in [0, 0.05) is 33.9 Å². The van der Waals surface area contributed by atoms with E-state index >= 15 is 0 Å². The third-order valence-corrected chi connectivity index (χ3v) is 4.63. The van der Waals surface area contributed by atoms with Gasteiger partial charge in [-0.25, -0.2) is 4.98 Å². The third-order valence-electron chi connectivity index (χ3n) is 3.44. The first-order valence-corrected chi connectivity index (χ1v) is 9.03. The van der Waals surface area contributed by atoms with Crippen LogP contribution >= 0.6 is 22.9 Å². The van der Waals surface area contributed by atoms with Crippen molar-refractivity contribution in [3.63, 3.8) is 0 Å². The van der Waals surface area contributed by atoms with Gasteiger partial charge in [-0.1, -0.05) is 11.6 Å². The van der Waals surface area contributed by atoms with Crippen molar-refractivity contribution >= 4 is 34.8 Å².